The van der Waals surface area contributed by atoms with Crippen molar-refractivity contribution in [2.24, 2.45) is 13.0 Å². The quantitative estimate of drug-likeness (QED) is 0.679. The molecule has 1 fully saturated rings. The first-order valence-electron chi connectivity index (χ1n) is 9.70. The van der Waals surface area contributed by atoms with E-state index in [2.05, 4.69) is 46.9 Å². The number of benzene rings is 2. The van der Waals surface area contributed by atoms with E-state index in [-0.39, 0.29) is 30.2 Å². The van der Waals surface area contributed by atoms with E-state index >= 15 is 0 Å². The van der Waals surface area contributed by atoms with Crippen molar-refractivity contribution in [2.75, 3.05) is 13.1 Å². The van der Waals surface area contributed by atoms with Gasteiger partial charge in [-0.05, 0) is 23.6 Å². The minimum atomic E-state index is -0.596. The van der Waals surface area contributed by atoms with E-state index in [1.165, 1.54) is 0 Å². The van der Waals surface area contributed by atoms with E-state index in [1.807, 2.05) is 55.8 Å². The van der Waals surface area contributed by atoms with Gasteiger partial charge in [0.25, 0.3) is 0 Å². The molecule has 2 aromatic carbocycles. The van der Waals surface area contributed by atoms with Crippen molar-refractivity contribution < 1.29 is 4.79 Å². The molecule has 0 spiro atoms. The number of nitrogens with one attached hydrogen (secondary N) is 2. The Labute approximate surface area is 177 Å². The van der Waals surface area contributed by atoms with Crippen LogP contribution in [0.25, 0.3) is 0 Å². The predicted molar refractivity (Wildman–Crippen MR) is 117 cm³/mol. The van der Waals surface area contributed by atoms with Crippen molar-refractivity contribution >= 4 is 18.3 Å². The van der Waals surface area contributed by atoms with E-state index in [1.54, 1.807) is 4.68 Å². The predicted octanol–water partition coefficient (Wildman–Crippen LogP) is 3.22. The summed E-state index contributed by atoms with van der Waals surface area (Å²) in [6.45, 7) is 3.54. The highest BCUT2D eigenvalue weighted by Crippen LogP contribution is 2.32. The zero-order valence-electron chi connectivity index (χ0n) is 16.7. The smallest absolute Gasteiger partial charge is 0.226 e. The summed E-state index contributed by atoms with van der Waals surface area (Å²) in [7, 11) is 1.91. The summed E-state index contributed by atoms with van der Waals surface area (Å²) in [6.07, 6.45) is 3.87. The SMILES string of the molecule is Cl.Cn1cc([C@H]2CNC[C@@H]2C(=O)NC(C)(c2ccccc2)c2ccccc2)cn1. The van der Waals surface area contributed by atoms with Gasteiger partial charge in [0, 0.05) is 32.3 Å². The molecule has 0 unspecified atom stereocenters. The van der Waals surface area contributed by atoms with Gasteiger partial charge in [-0.25, -0.2) is 0 Å². The zero-order valence-corrected chi connectivity index (χ0v) is 17.5. The van der Waals surface area contributed by atoms with Gasteiger partial charge in [0.1, 0.15) is 0 Å². The lowest BCUT2D eigenvalue weighted by molar-refractivity contribution is -0.126. The second-order valence-electron chi connectivity index (χ2n) is 7.66. The number of hydrogen-bond donors (Lipinski definition) is 2. The van der Waals surface area contributed by atoms with Crippen LogP contribution in [0, 0.1) is 5.92 Å². The van der Waals surface area contributed by atoms with Gasteiger partial charge in [-0.2, -0.15) is 5.10 Å². The largest absolute Gasteiger partial charge is 0.342 e. The number of nitrogens with zero attached hydrogens (tertiary/aromatic N) is 2. The van der Waals surface area contributed by atoms with Crippen LogP contribution in [0.3, 0.4) is 0 Å². The Balaban J connectivity index is 0.00000240. The van der Waals surface area contributed by atoms with Gasteiger partial charge in [0.2, 0.25) is 5.91 Å². The van der Waals surface area contributed by atoms with Crippen LogP contribution >= 0.6 is 12.4 Å². The second kappa shape index (κ2) is 8.80. The number of hydrogen-bond acceptors (Lipinski definition) is 3. The molecule has 4 rings (SSSR count). The van der Waals surface area contributed by atoms with Crippen LogP contribution in [-0.2, 0) is 17.4 Å². The zero-order chi connectivity index (χ0) is 19.6. The molecule has 0 bridgehead atoms. The van der Waals surface area contributed by atoms with Gasteiger partial charge in [-0.1, -0.05) is 60.7 Å². The minimum Gasteiger partial charge on any atom is -0.342 e. The summed E-state index contributed by atoms with van der Waals surface area (Å²) < 4.78 is 1.79. The van der Waals surface area contributed by atoms with E-state index in [9.17, 15) is 4.79 Å². The maximum atomic E-state index is 13.4. The molecule has 6 heteroatoms. The van der Waals surface area contributed by atoms with Crippen LogP contribution in [0.1, 0.15) is 29.5 Å². The fourth-order valence-electron chi connectivity index (χ4n) is 4.13. The Morgan fingerprint density at radius 2 is 1.66 bits per heavy atom. The van der Waals surface area contributed by atoms with Crippen molar-refractivity contribution in [1.82, 2.24) is 20.4 Å². The van der Waals surface area contributed by atoms with Crippen LogP contribution in [0.2, 0.25) is 0 Å². The lowest BCUT2D eigenvalue weighted by Gasteiger charge is -2.34. The number of carbonyl (C=O) groups excluding carboxylic acids is 1. The molecule has 0 aliphatic carbocycles. The van der Waals surface area contributed by atoms with Gasteiger partial charge in [-0.3, -0.25) is 9.48 Å². The van der Waals surface area contributed by atoms with E-state index in [0.29, 0.717) is 6.54 Å². The van der Waals surface area contributed by atoms with Gasteiger partial charge in [0.15, 0.2) is 0 Å². The molecule has 1 amide bonds. The van der Waals surface area contributed by atoms with Gasteiger partial charge < -0.3 is 10.6 Å². The molecule has 2 N–H and O–H groups in total. The van der Waals surface area contributed by atoms with Gasteiger partial charge >= 0.3 is 0 Å². The lowest BCUT2D eigenvalue weighted by atomic mass is 9.83. The van der Waals surface area contributed by atoms with Crippen molar-refractivity contribution in [3.63, 3.8) is 0 Å². The topological polar surface area (TPSA) is 59.0 Å². The number of aromatic nitrogens is 2. The first-order chi connectivity index (χ1) is 13.6. The summed E-state index contributed by atoms with van der Waals surface area (Å²) in [6, 6.07) is 20.3. The molecule has 2 heterocycles. The normalized spacial score (nSPS) is 18.8. The molecule has 5 nitrogen and oxygen atoms in total. The number of carbonyl (C=O) groups is 1. The highest BCUT2D eigenvalue weighted by atomic mass is 35.5. The standard InChI is InChI=1S/C23H26N4O.ClH/c1-23(18-9-5-3-6-10-18,19-11-7-4-8-12-19)26-22(28)21-15-24-14-20(21)17-13-25-27(2)16-17;/h3-13,16,20-21,24H,14-15H2,1-2H3,(H,26,28);1H/t20-,21+;/m1./s1. The van der Waals surface area contributed by atoms with Crippen molar-refractivity contribution in [3.8, 4) is 0 Å². The Morgan fingerprint density at radius 3 is 2.17 bits per heavy atom. The lowest BCUT2D eigenvalue weighted by Crippen LogP contribution is -2.48. The highest BCUT2D eigenvalue weighted by molar-refractivity contribution is 5.85. The van der Waals surface area contributed by atoms with Crippen molar-refractivity contribution in [2.45, 2.75) is 18.4 Å². The summed E-state index contributed by atoms with van der Waals surface area (Å²) in [5.74, 6) is 0.0644. The van der Waals surface area contributed by atoms with Crippen LogP contribution in [0.5, 0.6) is 0 Å². The summed E-state index contributed by atoms with van der Waals surface area (Å²) in [4.78, 5) is 13.4. The molecule has 1 aliphatic rings. The summed E-state index contributed by atoms with van der Waals surface area (Å²) in [5.41, 5.74) is 2.65. The van der Waals surface area contributed by atoms with Crippen molar-refractivity contribution in [1.29, 1.82) is 0 Å². The molecule has 152 valence electrons. The van der Waals surface area contributed by atoms with E-state index < -0.39 is 5.54 Å². The average Bonchev–Trinajstić information content (AvgIpc) is 3.38. The van der Waals surface area contributed by atoms with E-state index in [0.717, 1.165) is 23.2 Å². The molecular formula is C23H27ClN4O. The average molecular weight is 411 g/mol. The molecule has 0 radical (unpaired) electrons. The van der Waals surface area contributed by atoms with Crippen LogP contribution < -0.4 is 10.6 Å². The number of amides is 1. The minimum absolute atomic E-state index is 0. The number of aryl methyl sites for hydroxylation is 1. The fourth-order valence-corrected chi connectivity index (χ4v) is 4.13. The van der Waals surface area contributed by atoms with Crippen molar-refractivity contribution in [3.05, 3.63) is 89.7 Å². The molecule has 0 saturated carbocycles. The molecule has 1 saturated heterocycles. The van der Waals surface area contributed by atoms with Gasteiger partial charge in [0.05, 0.1) is 17.7 Å². The summed E-state index contributed by atoms with van der Waals surface area (Å²) >= 11 is 0. The van der Waals surface area contributed by atoms with Crippen LogP contribution in [-0.4, -0.2) is 28.8 Å². The molecule has 3 aromatic rings. The molecule has 1 aromatic heterocycles. The molecule has 1 aliphatic heterocycles. The third kappa shape index (κ3) is 4.21. The Morgan fingerprint density at radius 1 is 1.07 bits per heavy atom. The third-order valence-corrected chi connectivity index (χ3v) is 5.78. The van der Waals surface area contributed by atoms with E-state index in [4.69, 9.17) is 0 Å². The number of rotatable bonds is 5. The van der Waals surface area contributed by atoms with Gasteiger partial charge in [-0.15, -0.1) is 12.4 Å². The van der Waals surface area contributed by atoms with Crippen LogP contribution in [0.4, 0.5) is 0 Å². The molecule has 29 heavy (non-hydrogen) atoms. The maximum Gasteiger partial charge on any atom is 0.226 e. The fraction of sp³-hybridized carbons (Fsp3) is 0.304. The Bertz CT molecular complexity index is 902. The first kappa shape index (κ1) is 21.1. The molecule has 2 atom stereocenters. The maximum absolute atomic E-state index is 13.4. The Kier molecular flexibility index (Phi) is 6.40. The number of halogens is 1. The molecular weight excluding hydrogens is 384 g/mol. The first-order valence-corrected chi connectivity index (χ1v) is 9.70. The monoisotopic (exact) mass is 410 g/mol. The third-order valence-electron chi connectivity index (χ3n) is 5.78. The summed E-state index contributed by atoms with van der Waals surface area (Å²) in [5, 5.41) is 11.0. The van der Waals surface area contributed by atoms with Crippen LogP contribution in [0.15, 0.2) is 73.1 Å². The Hall–Kier alpha value is -2.63. The highest BCUT2D eigenvalue weighted by Gasteiger charge is 2.39. The second-order valence-corrected chi connectivity index (χ2v) is 7.66.